The molecule has 1 heterocycles. The molecular formula is C20H18ClNO3. The summed E-state index contributed by atoms with van der Waals surface area (Å²) < 4.78 is 1.84. The van der Waals surface area contributed by atoms with Crippen LogP contribution in [-0.4, -0.2) is 15.6 Å². The molecule has 0 aliphatic rings. The fourth-order valence-corrected chi connectivity index (χ4v) is 3.15. The van der Waals surface area contributed by atoms with E-state index < -0.39 is 5.97 Å². The summed E-state index contributed by atoms with van der Waals surface area (Å²) in [4.78, 5) is 23.9. The van der Waals surface area contributed by atoms with Crippen molar-refractivity contribution in [3.8, 4) is 0 Å². The van der Waals surface area contributed by atoms with E-state index in [1.54, 1.807) is 12.3 Å². The summed E-state index contributed by atoms with van der Waals surface area (Å²) in [5.74, 6) is -0.869. The number of carboxylic acid groups (broad SMARTS) is 1. The molecule has 0 amide bonds. The normalized spacial score (nSPS) is 11.0. The quantitative estimate of drug-likeness (QED) is 0.751. The topological polar surface area (TPSA) is 59.3 Å². The van der Waals surface area contributed by atoms with Crippen molar-refractivity contribution in [2.75, 3.05) is 0 Å². The zero-order valence-electron chi connectivity index (χ0n) is 13.8. The Morgan fingerprint density at radius 3 is 2.64 bits per heavy atom. The molecule has 2 aromatic carbocycles. The van der Waals surface area contributed by atoms with Gasteiger partial charge in [-0.05, 0) is 30.7 Å². The van der Waals surface area contributed by atoms with Crippen LogP contribution < -0.4 is 5.43 Å². The summed E-state index contributed by atoms with van der Waals surface area (Å²) in [6, 6.07) is 13.1. The summed E-state index contributed by atoms with van der Waals surface area (Å²) in [6.07, 6.45) is 2.17. The van der Waals surface area contributed by atoms with E-state index in [1.165, 1.54) is 0 Å². The first-order valence-corrected chi connectivity index (χ1v) is 8.41. The molecule has 0 saturated carbocycles. The van der Waals surface area contributed by atoms with Crippen LogP contribution in [0.1, 0.15) is 23.1 Å². The number of rotatable bonds is 5. The molecule has 0 spiro atoms. The second kappa shape index (κ2) is 7.11. The summed E-state index contributed by atoms with van der Waals surface area (Å²) in [6.45, 7) is 2.24. The van der Waals surface area contributed by atoms with Crippen molar-refractivity contribution in [3.63, 3.8) is 0 Å². The molecule has 1 N–H and O–H groups in total. The van der Waals surface area contributed by atoms with Gasteiger partial charge < -0.3 is 9.67 Å². The maximum atomic E-state index is 12.9. The zero-order valence-corrected chi connectivity index (χ0v) is 14.6. The largest absolute Gasteiger partial charge is 0.481 e. The van der Waals surface area contributed by atoms with Gasteiger partial charge in [0.1, 0.15) is 0 Å². The Balaban J connectivity index is 2.14. The highest BCUT2D eigenvalue weighted by Gasteiger charge is 2.12. The van der Waals surface area contributed by atoms with E-state index in [0.717, 1.165) is 16.6 Å². The SMILES string of the molecule is Cc1ccc2c(c1)c(=O)c(Cc1ccccc1Cl)cn2CCC(=O)O. The van der Waals surface area contributed by atoms with E-state index in [1.807, 2.05) is 47.9 Å². The second-order valence-electron chi connectivity index (χ2n) is 6.11. The predicted octanol–water partition coefficient (Wildman–Crippen LogP) is 4.03. The lowest BCUT2D eigenvalue weighted by molar-refractivity contribution is -0.137. The molecule has 0 aliphatic heterocycles. The molecule has 0 fully saturated rings. The van der Waals surface area contributed by atoms with Crippen molar-refractivity contribution in [3.05, 3.63) is 80.6 Å². The highest BCUT2D eigenvalue weighted by Crippen LogP contribution is 2.20. The number of fused-ring (bicyclic) bond motifs is 1. The van der Waals surface area contributed by atoms with Crippen molar-refractivity contribution in [1.82, 2.24) is 4.57 Å². The lowest BCUT2D eigenvalue weighted by atomic mass is 10.0. The number of pyridine rings is 1. The third-order valence-corrected chi connectivity index (χ3v) is 4.58. The molecule has 0 unspecified atom stereocenters. The first kappa shape index (κ1) is 17.2. The monoisotopic (exact) mass is 355 g/mol. The number of carboxylic acids is 1. The number of hydrogen-bond donors (Lipinski definition) is 1. The van der Waals surface area contributed by atoms with Crippen molar-refractivity contribution >= 4 is 28.5 Å². The van der Waals surface area contributed by atoms with Gasteiger partial charge in [-0.2, -0.15) is 0 Å². The molecule has 0 radical (unpaired) electrons. The highest BCUT2D eigenvalue weighted by molar-refractivity contribution is 6.31. The van der Waals surface area contributed by atoms with E-state index in [-0.39, 0.29) is 11.8 Å². The van der Waals surface area contributed by atoms with Crippen LogP contribution in [-0.2, 0) is 17.8 Å². The van der Waals surface area contributed by atoms with Gasteiger partial charge in [0.2, 0.25) is 0 Å². The van der Waals surface area contributed by atoms with Crippen LogP contribution in [0.15, 0.2) is 53.5 Å². The molecule has 5 heteroatoms. The number of hydrogen-bond acceptors (Lipinski definition) is 2. The molecule has 25 heavy (non-hydrogen) atoms. The molecule has 3 rings (SSSR count). The van der Waals surface area contributed by atoms with Crippen LogP contribution in [0.3, 0.4) is 0 Å². The number of halogens is 1. The summed E-state index contributed by atoms with van der Waals surface area (Å²) in [5.41, 5.74) is 3.18. The number of carbonyl (C=O) groups is 1. The van der Waals surface area contributed by atoms with Crippen molar-refractivity contribution < 1.29 is 9.90 Å². The second-order valence-corrected chi connectivity index (χ2v) is 6.52. The Labute approximate surface area is 150 Å². The molecule has 3 aromatic rings. The summed E-state index contributed by atoms with van der Waals surface area (Å²) in [7, 11) is 0. The first-order chi connectivity index (χ1) is 12.0. The van der Waals surface area contributed by atoms with Gasteiger partial charge in [-0.3, -0.25) is 9.59 Å². The van der Waals surface area contributed by atoms with Gasteiger partial charge in [0.25, 0.3) is 0 Å². The van der Waals surface area contributed by atoms with E-state index in [2.05, 4.69) is 0 Å². The van der Waals surface area contributed by atoms with Crippen molar-refractivity contribution in [1.29, 1.82) is 0 Å². The van der Waals surface area contributed by atoms with E-state index >= 15 is 0 Å². The molecule has 4 nitrogen and oxygen atoms in total. The standard InChI is InChI=1S/C20H18ClNO3/c1-13-6-7-18-16(10-13)20(25)15(12-22(18)9-8-19(23)24)11-14-4-2-3-5-17(14)21/h2-7,10,12H,8-9,11H2,1H3,(H,23,24). The molecule has 128 valence electrons. The molecule has 0 saturated heterocycles. The molecule has 0 bridgehead atoms. The summed E-state index contributed by atoms with van der Waals surface area (Å²) in [5, 5.41) is 10.2. The third kappa shape index (κ3) is 3.74. The number of benzene rings is 2. The van der Waals surface area contributed by atoms with Crippen LogP contribution in [0.25, 0.3) is 10.9 Å². The lowest BCUT2D eigenvalue weighted by Gasteiger charge is -2.14. The molecule has 1 aromatic heterocycles. The Morgan fingerprint density at radius 2 is 1.92 bits per heavy atom. The van der Waals surface area contributed by atoms with Crippen molar-refractivity contribution in [2.45, 2.75) is 26.3 Å². The number of nitrogens with zero attached hydrogens (tertiary/aromatic N) is 1. The predicted molar refractivity (Wildman–Crippen MR) is 99.5 cm³/mol. The zero-order chi connectivity index (χ0) is 18.0. The van der Waals surface area contributed by atoms with Crippen LogP contribution in [0, 0.1) is 6.92 Å². The Morgan fingerprint density at radius 1 is 1.16 bits per heavy atom. The van der Waals surface area contributed by atoms with Crippen LogP contribution in [0.4, 0.5) is 0 Å². The Hall–Kier alpha value is -2.59. The van der Waals surface area contributed by atoms with E-state index in [4.69, 9.17) is 16.7 Å². The molecule has 0 atom stereocenters. The minimum atomic E-state index is -0.869. The van der Waals surface area contributed by atoms with Gasteiger partial charge in [0.15, 0.2) is 5.43 Å². The molecular weight excluding hydrogens is 338 g/mol. The third-order valence-electron chi connectivity index (χ3n) is 4.21. The smallest absolute Gasteiger partial charge is 0.305 e. The Bertz CT molecular complexity index is 1010. The summed E-state index contributed by atoms with van der Waals surface area (Å²) >= 11 is 6.23. The fraction of sp³-hybridized carbons (Fsp3) is 0.200. The van der Waals surface area contributed by atoms with Gasteiger partial charge in [-0.15, -0.1) is 0 Å². The number of aryl methyl sites for hydroxylation is 2. The first-order valence-electron chi connectivity index (χ1n) is 8.03. The van der Waals surface area contributed by atoms with Gasteiger partial charge >= 0.3 is 5.97 Å². The fourth-order valence-electron chi connectivity index (χ4n) is 2.95. The number of aliphatic carboxylic acids is 1. The number of aromatic nitrogens is 1. The van der Waals surface area contributed by atoms with Crippen LogP contribution >= 0.6 is 11.6 Å². The van der Waals surface area contributed by atoms with Crippen molar-refractivity contribution in [2.24, 2.45) is 0 Å². The van der Waals surface area contributed by atoms with Gasteiger partial charge in [-0.25, -0.2) is 0 Å². The van der Waals surface area contributed by atoms with Crippen LogP contribution in [0.5, 0.6) is 0 Å². The highest BCUT2D eigenvalue weighted by atomic mass is 35.5. The van der Waals surface area contributed by atoms with E-state index in [0.29, 0.717) is 28.9 Å². The van der Waals surface area contributed by atoms with Crippen LogP contribution in [0.2, 0.25) is 5.02 Å². The minimum absolute atomic E-state index is 0.00260. The van der Waals surface area contributed by atoms with Gasteiger partial charge in [0, 0.05) is 35.1 Å². The van der Waals surface area contributed by atoms with Gasteiger partial charge in [-0.1, -0.05) is 41.4 Å². The Kier molecular flexibility index (Phi) is 4.91. The van der Waals surface area contributed by atoms with Gasteiger partial charge in [0.05, 0.1) is 11.9 Å². The molecule has 0 aliphatic carbocycles. The lowest BCUT2D eigenvalue weighted by Crippen LogP contribution is -2.16. The maximum absolute atomic E-state index is 12.9. The maximum Gasteiger partial charge on any atom is 0.305 e. The van der Waals surface area contributed by atoms with E-state index in [9.17, 15) is 9.59 Å². The minimum Gasteiger partial charge on any atom is -0.481 e. The average Bonchev–Trinajstić information content (AvgIpc) is 2.58. The average molecular weight is 356 g/mol.